The number of hydrogen-bond acceptors (Lipinski definition) is 3. The average molecular weight is 222 g/mol. The predicted molar refractivity (Wildman–Crippen MR) is 61.4 cm³/mol. The molecule has 2 rings (SSSR count). The molecule has 0 spiro atoms. The highest BCUT2D eigenvalue weighted by atomic mass is 32.1. The van der Waals surface area contributed by atoms with Crippen LogP contribution in [0.4, 0.5) is 9.52 Å². The van der Waals surface area contributed by atoms with Gasteiger partial charge in [0.1, 0.15) is 5.82 Å². The van der Waals surface area contributed by atoms with Crippen molar-refractivity contribution in [3.63, 3.8) is 0 Å². The van der Waals surface area contributed by atoms with Crippen LogP contribution in [0, 0.1) is 19.7 Å². The Balaban J connectivity index is 2.62. The molecule has 78 valence electrons. The highest BCUT2D eigenvalue weighted by Gasteiger charge is 2.10. The lowest BCUT2D eigenvalue weighted by molar-refractivity contribution is 0.625. The monoisotopic (exact) mass is 222 g/mol. The molecule has 0 unspecified atom stereocenters. The van der Waals surface area contributed by atoms with Crippen LogP contribution in [0.3, 0.4) is 0 Å². The molecule has 0 radical (unpaired) electrons. The van der Waals surface area contributed by atoms with E-state index in [9.17, 15) is 4.39 Å². The van der Waals surface area contributed by atoms with Gasteiger partial charge in [0.25, 0.3) is 0 Å². The Labute approximate surface area is 91.6 Å². The summed E-state index contributed by atoms with van der Waals surface area (Å²) >= 11 is 1.39. The molecule has 2 aromatic rings. The molecule has 0 aliphatic carbocycles. The Bertz CT molecular complexity index is 482. The number of nitrogens with two attached hydrogens (primary N) is 1. The minimum Gasteiger partial charge on any atom is -0.375 e. The smallest absolute Gasteiger partial charge is 0.180 e. The van der Waals surface area contributed by atoms with Crippen molar-refractivity contribution in [2.45, 2.75) is 13.8 Å². The third-order valence-electron chi connectivity index (χ3n) is 2.28. The Morgan fingerprint density at radius 2 is 1.87 bits per heavy atom. The molecular formula is C11H11FN2S. The summed E-state index contributed by atoms with van der Waals surface area (Å²) in [6.45, 7) is 3.75. The minimum atomic E-state index is -0.211. The van der Waals surface area contributed by atoms with Gasteiger partial charge in [0.2, 0.25) is 0 Å². The summed E-state index contributed by atoms with van der Waals surface area (Å²) in [6, 6.07) is 3.02. The summed E-state index contributed by atoms with van der Waals surface area (Å²) < 4.78 is 13.1. The van der Waals surface area contributed by atoms with Crippen LogP contribution < -0.4 is 5.73 Å². The first-order chi connectivity index (χ1) is 7.08. The maximum Gasteiger partial charge on any atom is 0.180 e. The maximum atomic E-state index is 13.1. The molecule has 0 aliphatic rings. The molecule has 0 saturated carbocycles. The van der Waals surface area contributed by atoms with Crippen molar-refractivity contribution in [3.05, 3.63) is 34.5 Å². The molecule has 0 amide bonds. The highest BCUT2D eigenvalue weighted by Crippen LogP contribution is 2.29. The van der Waals surface area contributed by atoms with E-state index in [0.717, 1.165) is 22.4 Å². The van der Waals surface area contributed by atoms with Crippen LogP contribution in [0.1, 0.15) is 11.1 Å². The van der Waals surface area contributed by atoms with Gasteiger partial charge in [-0.3, -0.25) is 0 Å². The number of halogens is 1. The second kappa shape index (κ2) is 3.62. The Kier molecular flexibility index (Phi) is 2.44. The van der Waals surface area contributed by atoms with Gasteiger partial charge in [0, 0.05) is 10.9 Å². The quantitative estimate of drug-likeness (QED) is 0.805. The van der Waals surface area contributed by atoms with Crippen LogP contribution in [-0.4, -0.2) is 4.98 Å². The first-order valence-corrected chi connectivity index (χ1v) is 5.44. The first kappa shape index (κ1) is 10.1. The third-order valence-corrected chi connectivity index (χ3v) is 2.95. The molecule has 15 heavy (non-hydrogen) atoms. The molecular weight excluding hydrogens is 211 g/mol. The Hall–Kier alpha value is -1.42. The zero-order valence-electron chi connectivity index (χ0n) is 8.54. The van der Waals surface area contributed by atoms with E-state index >= 15 is 0 Å². The van der Waals surface area contributed by atoms with Crippen molar-refractivity contribution in [1.82, 2.24) is 4.98 Å². The van der Waals surface area contributed by atoms with Crippen molar-refractivity contribution in [1.29, 1.82) is 0 Å². The Morgan fingerprint density at radius 1 is 1.27 bits per heavy atom. The molecule has 0 aliphatic heterocycles. The molecule has 0 bridgehead atoms. The van der Waals surface area contributed by atoms with Crippen LogP contribution in [0.15, 0.2) is 17.5 Å². The maximum absolute atomic E-state index is 13.1. The summed E-state index contributed by atoms with van der Waals surface area (Å²) in [5, 5.41) is 2.43. The number of nitrogen functional groups attached to an aromatic ring is 1. The molecule has 4 heteroatoms. The number of benzene rings is 1. The van der Waals surface area contributed by atoms with Gasteiger partial charge < -0.3 is 5.73 Å². The highest BCUT2D eigenvalue weighted by molar-refractivity contribution is 7.13. The van der Waals surface area contributed by atoms with Gasteiger partial charge in [-0.15, -0.1) is 11.3 Å². The van der Waals surface area contributed by atoms with Crippen LogP contribution in [-0.2, 0) is 0 Å². The normalized spacial score (nSPS) is 10.6. The van der Waals surface area contributed by atoms with Crippen LogP contribution in [0.25, 0.3) is 11.3 Å². The number of nitrogens with zero attached hydrogens (tertiary/aromatic N) is 1. The number of rotatable bonds is 1. The van der Waals surface area contributed by atoms with E-state index in [1.165, 1.54) is 23.5 Å². The zero-order valence-corrected chi connectivity index (χ0v) is 9.36. The molecule has 1 aromatic carbocycles. The van der Waals surface area contributed by atoms with Gasteiger partial charge in [0.05, 0.1) is 5.69 Å². The zero-order chi connectivity index (χ0) is 11.0. The van der Waals surface area contributed by atoms with Gasteiger partial charge in [-0.05, 0) is 37.1 Å². The first-order valence-electron chi connectivity index (χ1n) is 4.56. The largest absolute Gasteiger partial charge is 0.375 e. The molecule has 2 N–H and O–H groups in total. The van der Waals surface area contributed by atoms with Crippen LogP contribution >= 0.6 is 11.3 Å². The summed E-state index contributed by atoms with van der Waals surface area (Å²) in [5.74, 6) is -0.211. The summed E-state index contributed by atoms with van der Waals surface area (Å²) in [5.41, 5.74) is 9.16. The summed E-state index contributed by atoms with van der Waals surface area (Å²) in [4.78, 5) is 4.21. The minimum absolute atomic E-state index is 0.211. The average Bonchev–Trinajstić information content (AvgIpc) is 2.49. The second-order valence-electron chi connectivity index (χ2n) is 3.49. The molecule has 1 heterocycles. The third kappa shape index (κ3) is 1.85. The fraction of sp³-hybridized carbons (Fsp3) is 0.182. The fourth-order valence-corrected chi connectivity index (χ4v) is 2.27. The number of hydrogen-bond donors (Lipinski definition) is 1. The lowest BCUT2D eigenvalue weighted by Crippen LogP contribution is -1.91. The van der Waals surface area contributed by atoms with E-state index in [4.69, 9.17) is 5.73 Å². The van der Waals surface area contributed by atoms with E-state index in [-0.39, 0.29) is 5.82 Å². The van der Waals surface area contributed by atoms with E-state index in [1.54, 1.807) is 0 Å². The fourth-order valence-electron chi connectivity index (χ4n) is 1.72. The van der Waals surface area contributed by atoms with Crippen molar-refractivity contribution >= 4 is 16.5 Å². The van der Waals surface area contributed by atoms with Crippen LogP contribution in [0.2, 0.25) is 0 Å². The van der Waals surface area contributed by atoms with Gasteiger partial charge >= 0.3 is 0 Å². The standard InChI is InChI=1S/C11H11FN2S/c1-6-3-8(12)4-7(2)10(6)9-5-15-11(13)14-9/h3-5H,1-2H3,(H2,13,14). The molecule has 1 aromatic heterocycles. The lowest BCUT2D eigenvalue weighted by atomic mass is 10.0. The van der Waals surface area contributed by atoms with Crippen LogP contribution in [0.5, 0.6) is 0 Å². The number of anilines is 1. The van der Waals surface area contributed by atoms with Crippen molar-refractivity contribution in [2.75, 3.05) is 5.73 Å². The van der Waals surface area contributed by atoms with E-state index in [1.807, 2.05) is 19.2 Å². The Morgan fingerprint density at radius 3 is 2.33 bits per heavy atom. The summed E-state index contributed by atoms with van der Waals surface area (Å²) in [6.07, 6.45) is 0. The van der Waals surface area contributed by atoms with Gasteiger partial charge in [-0.2, -0.15) is 0 Å². The molecule has 0 fully saturated rings. The number of aryl methyl sites for hydroxylation is 2. The van der Waals surface area contributed by atoms with Gasteiger partial charge in [0.15, 0.2) is 5.13 Å². The van der Waals surface area contributed by atoms with Crippen molar-refractivity contribution in [2.24, 2.45) is 0 Å². The lowest BCUT2D eigenvalue weighted by Gasteiger charge is -2.06. The van der Waals surface area contributed by atoms with Gasteiger partial charge in [-0.25, -0.2) is 9.37 Å². The SMILES string of the molecule is Cc1cc(F)cc(C)c1-c1csc(N)n1. The number of aromatic nitrogens is 1. The van der Waals surface area contributed by atoms with Crippen molar-refractivity contribution in [3.8, 4) is 11.3 Å². The number of thiazole rings is 1. The van der Waals surface area contributed by atoms with E-state index in [0.29, 0.717) is 5.13 Å². The van der Waals surface area contributed by atoms with Crippen molar-refractivity contribution < 1.29 is 4.39 Å². The molecule has 2 nitrogen and oxygen atoms in total. The predicted octanol–water partition coefficient (Wildman–Crippen LogP) is 3.15. The second-order valence-corrected chi connectivity index (χ2v) is 4.38. The molecule has 0 atom stereocenters. The topological polar surface area (TPSA) is 38.9 Å². The molecule has 0 saturated heterocycles. The van der Waals surface area contributed by atoms with E-state index in [2.05, 4.69) is 4.98 Å². The summed E-state index contributed by atoms with van der Waals surface area (Å²) in [7, 11) is 0. The van der Waals surface area contributed by atoms with Gasteiger partial charge in [-0.1, -0.05) is 0 Å². The van der Waals surface area contributed by atoms with E-state index < -0.39 is 0 Å².